The standard InChI is InChI=1S/C18H28N6O/c1-14-16(12-23(2)22-14)17-6-8-20-18(21-17)19-7-4-10-24-9-3-5-15(11-24)13-25/h6,8,12,15,25H,3-5,7,9-11,13H2,1-2H3,(H,19,20,21)/t15-/m0/s1. The Bertz CT molecular complexity index is 686. The van der Waals surface area contributed by atoms with E-state index in [1.807, 2.05) is 26.2 Å². The number of hydrogen-bond donors (Lipinski definition) is 2. The monoisotopic (exact) mass is 344 g/mol. The number of aromatic nitrogens is 4. The summed E-state index contributed by atoms with van der Waals surface area (Å²) in [4.78, 5) is 11.4. The number of nitrogens with zero attached hydrogens (tertiary/aromatic N) is 5. The minimum Gasteiger partial charge on any atom is -0.396 e. The fourth-order valence-corrected chi connectivity index (χ4v) is 3.45. The van der Waals surface area contributed by atoms with Gasteiger partial charge in [-0.3, -0.25) is 4.68 Å². The minimum absolute atomic E-state index is 0.309. The molecule has 2 N–H and O–H groups in total. The lowest BCUT2D eigenvalue weighted by molar-refractivity contribution is 0.120. The van der Waals surface area contributed by atoms with Crippen LogP contribution in [0.25, 0.3) is 11.3 Å². The van der Waals surface area contributed by atoms with Crippen LogP contribution in [0.1, 0.15) is 25.0 Å². The maximum absolute atomic E-state index is 9.31. The number of likely N-dealkylation sites (tertiary alicyclic amines) is 1. The Morgan fingerprint density at radius 2 is 2.28 bits per heavy atom. The van der Waals surface area contributed by atoms with Crippen molar-refractivity contribution in [1.82, 2.24) is 24.6 Å². The van der Waals surface area contributed by atoms with Crippen LogP contribution < -0.4 is 5.32 Å². The average molecular weight is 344 g/mol. The van der Waals surface area contributed by atoms with Crippen LogP contribution in [-0.2, 0) is 7.05 Å². The summed E-state index contributed by atoms with van der Waals surface area (Å²) in [6.45, 7) is 6.35. The molecule has 7 heteroatoms. The van der Waals surface area contributed by atoms with Crippen molar-refractivity contribution in [3.8, 4) is 11.3 Å². The van der Waals surface area contributed by atoms with E-state index in [0.29, 0.717) is 18.5 Å². The number of rotatable bonds is 7. The largest absolute Gasteiger partial charge is 0.396 e. The van der Waals surface area contributed by atoms with E-state index in [4.69, 9.17) is 0 Å². The van der Waals surface area contributed by atoms with Gasteiger partial charge in [-0.25, -0.2) is 9.97 Å². The Balaban J connectivity index is 1.49. The molecule has 0 aliphatic carbocycles. The number of aliphatic hydroxyl groups excluding tert-OH is 1. The summed E-state index contributed by atoms with van der Waals surface area (Å²) < 4.78 is 1.80. The molecule has 2 aromatic heterocycles. The van der Waals surface area contributed by atoms with E-state index in [-0.39, 0.29) is 0 Å². The molecule has 0 saturated carbocycles. The molecule has 0 bridgehead atoms. The summed E-state index contributed by atoms with van der Waals surface area (Å²) in [6.07, 6.45) is 7.15. The van der Waals surface area contributed by atoms with Crippen LogP contribution in [0, 0.1) is 12.8 Å². The molecule has 3 heterocycles. The van der Waals surface area contributed by atoms with Crippen molar-refractivity contribution in [2.45, 2.75) is 26.2 Å². The molecule has 1 fully saturated rings. The highest BCUT2D eigenvalue weighted by Crippen LogP contribution is 2.20. The number of aryl methyl sites for hydroxylation is 2. The minimum atomic E-state index is 0.309. The fraction of sp³-hybridized carbons (Fsp3) is 0.611. The van der Waals surface area contributed by atoms with Gasteiger partial charge < -0.3 is 15.3 Å². The zero-order valence-electron chi connectivity index (χ0n) is 15.1. The quantitative estimate of drug-likeness (QED) is 0.744. The Morgan fingerprint density at radius 3 is 3.04 bits per heavy atom. The summed E-state index contributed by atoms with van der Waals surface area (Å²) in [5, 5.41) is 17.0. The van der Waals surface area contributed by atoms with Crippen molar-refractivity contribution in [3.63, 3.8) is 0 Å². The molecular formula is C18H28N6O. The van der Waals surface area contributed by atoms with Crippen LogP contribution in [0.4, 0.5) is 5.95 Å². The van der Waals surface area contributed by atoms with E-state index < -0.39 is 0 Å². The van der Waals surface area contributed by atoms with Gasteiger partial charge in [-0.1, -0.05) is 0 Å². The molecule has 3 rings (SSSR count). The highest BCUT2D eigenvalue weighted by atomic mass is 16.3. The first-order chi connectivity index (χ1) is 12.2. The molecule has 0 amide bonds. The van der Waals surface area contributed by atoms with Gasteiger partial charge in [0.15, 0.2) is 0 Å². The van der Waals surface area contributed by atoms with Gasteiger partial charge in [0.05, 0.1) is 11.4 Å². The van der Waals surface area contributed by atoms with Gasteiger partial charge in [0.2, 0.25) is 5.95 Å². The molecule has 7 nitrogen and oxygen atoms in total. The topological polar surface area (TPSA) is 79.1 Å². The number of piperidine rings is 1. The Hall–Kier alpha value is -1.99. The van der Waals surface area contributed by atoms with Crippen molar-refractivity contribution in [1.29, 1.82) is 0 Å². The molecule has 0 unspecified atom stereocenters. The number of aliphatic hydroxyl groups is 1. The lowest BCUT2D eigenvalue weighted by atomic mass is 9.99. The van der Waals surface area contributed by atoms with Crippen molar-refractivity contribution in [2.75, 3.05) is 38.1 Å². The van der Waals surface area contributed by atoms with Crippen LogP contribution in [0.2, 0.25) is 0 Å². The third kappa shape index (κ3) is 4.76. The van der Waals surface area contributed by atoms with E-state index in [9.17, 15) is 5.11 Å². The lowest BCUT2D eigenvalue weighted by Crippen LogP contribution is -2.37. The molecule has 0 aromatic carbocycles. The molecular weight excluding hydrogens is 316 g/mol. The van der Waals surface area contributed by atoms with Crippen LogP contribution in [0.5, 0.6) is 0 Å². The highest BCUT2D eigenvalue weighted by molar-refractivity contribution is 5.61. The van der Waals surface area contributed by atoms with Crippen LogP contribution in [-0.4, -0.2) is 62.5 Å². The number of hydrogen-bond acceptors (Lipinski definition) is 6. The maximum Gasteiger partial charge on any atom is 0.223 e. The average Bonchev–Trinajstić information content (AvgIpc) is 2.97. The second-order valence-electron chi connectivity index (χ2n) is 6.84. The molecule has 1 aliphatic heterocycles. The van der Waals surface area contributed by atoms with Gasteiger partial charge in [-0.05, 0) is 51.3 Å². The molecule has 0 radical (unpaired) electrons. The molecule has 136 valence electrons. The first-order valence-corrected chi connectivity index (χ1v) is 9.06. The van der Waals surface area contributed by atoms with Gasteiger partial charge in [-0.15, -0.1) is 0 Å². The normalized spacial score (nSPS) is 18.4. The van der Waals surface area contributed by atoms with E-state index >= 15 is 0 Å². The van der Waals surface area contributed by atoms with Crippen molar-refractivity contribution < 1.29 is 5.11 Å². The Morgan fingerprint density at radius 1 is 1.40 bits per heavy atom. The number of anilines is 1. The third-order valence-electron chi connectivity index (χ3n) is 4.74. The molecule has 1 atom stereocenters. The maximum atomic E-state index is 9.31. The Kier molecular flexibility index (Phi) is 5.99. The zero-order valence-corrected chi connectivity index (χ0v) is 15.1. The molecule has 1 aliphatic rings. The lowest BCUT2D eigenvalue weighted by Gasteiger charge is -2.31. The Labute approximate surface area is 149 Å². The summed E-state index contributed by atoms with van der Waals surface area (Å²) in [6, 6.07) is 1.91. The molecule has 2 aromatic rings. The van der Waals surface area contributed by atoms with Crippen LogP contribution in [0.15, 0.2) is 18.5 Å². The summed E-state index contributed by atoms with van der Waals surface area (Å²) in [5.74, 6) is 1.11. The second-order valence-corrected chi connectivity index (χ2v) is 6.84. The van der Waals surface area contributed by atoms with Crippen molar-refractivity contribution >= 4 is 5.95 Å². The first-order valence-electron chi connectivity index (χ1n) is 9.06. The summed E-state index contributed by atoms with van der Waals surface area (Å²) in [5.41, 5.74) is 2.90. The highest BCUT2D eigenvalue weighted by Gasteiger charge is 2.18. The van der Waals surface area contributed by atoms with Gasteiger partial charge in [-0.2, -0.15) is 5.10 Å². The van der Waals surface area contributed by atoms with Crippen LogP contribution in [0.3, 0.4) is 0 Å². The van der Waals surface area contributed by atoms with E-state index in [1.165, 1.54) is 6.42 Å². The zero-order chi connectivity index (χ0) is 17.6. The van der Waals surface area contributed by atoms with Crippen molar-refractivity contribution in [3.05, 3.63) is 24.2 Å². The SMILES string of the molecule is Cc1nn(C)cc1-c1ccnc(NCCCN2CCC[C@H](CO)C2)n1. The third-order valence-corrected chi connectivity index (χ3v) is 4.74. The van der Waals surface area contributed by atoms with Gasteiger partial charge in [0.25, 0.3) is 0 Å². The summed E-state index contributed by atoms with van der Waals surface area (Å²) >= 11 is 0. The van der Waals surface area contributed by atoms with E-state index in [2.05, 4.69) is 25.3 Å². The number of nitrogens with one attached hydrogen (secondary N) is 1. The van der Waals surface area contributed by atoms with Crippen LogP contribution >= 0.6 is 0 Å². The molecule has 1 saturated heterocycles. The predicted molar refractivity (Wildman–Crippen MR) is 98.3 cm³/mol. The second kappa shape index (κ2) is 8.40. The van der Waals surface area contributed by atoms with Gasteiger partial charge in [0, 0.05) is 44.7 Å². The first kappa shape index (κ1) is 17.8. The summed E-state index contributed by atoms with van der Waals surface area (Å²) in [7, 11) is 1.92. The van der Waals surface area contributed by atoms with E-state index in [1.54, 1.807) is 10.9 Å². The smallest absolute Gasteiger partial charge is 0.223 e. The van der Waals surface area contributed by atoms with Gasteiger partial charge >= 0.3 is 0 Å². The molecule has 25 heavy (non-hydrogen) atoms. The fourth-order valence-electron chi connectivity index (χ4n) is 3.45. The van der Waals surface area contributed by atoms with Gasteiger partial charge in [0.1, 0.15) is 0 Å². The van der Waals surface area contributed by atoms with Crippen molar-refractivity contribution in [2.24, 2.45) is 13.0 Å². The molecule has 0 spiro atoms. The van der Waals surface area contributed by atoms with E-state index in [0.717, 1.165) is 56.0 Å². The predicted octanol–water partition coefficient (Wildman–Crippen LogP) is 1.69.